The van der Waals surface area contributed by atoms with E-state index >= 15 is 0 Å². The maximum atomic E-state index is 9.02. The summed E-state index contributed by atoms with van der Waals surface area (Å²) in [6.45, 7) is 0. The number of H-pyrrole nitrogens is 1. The Balaban J connectivity index is 2.11. The van der Waals surface area contributed by atoms with Gasteiger partial charge in [0.05, 0.1) is 11.8 Å². The van der Waals surface area contributed by atoms with E-state index in [1.807, 2.05) is 6.07 Å². The maximum absolute atomic E-state index is 9.02. The van der Waals surface area contributed by atoms with Gasteiger partial charge in [0.15, 0.2) is 5.65 Å². The molecule has 3 aromatic rings. The van der Waals surface area contributed by atoms with Gasteiger partial charge in [-0.05, 0) is 23.7 Å². The molecule has 0 aliphatic rings. The van der Waals surface area contributed by atoms with Crippen molar-refractivity contribution >= 4 is 22.6 Å². The van der Waals surface area contributed by atoms with Crippen LogP contribution >= 0.6 is 11.6 Å². The fourth-order valence-electron chi connectivity index (χ4n) is 1.61. The number of fused-ring (bicyclic) bond motifs is 1. The Labute approximate surface area is 112 Å². The molecule has 0 fully saturated rings. The number of aromatic amines is 1. The Morgan fingerprint density at radius 3 is 2.95 bits per heavy atom. The van der Waals surface area contributed by atoms with Gasteiger partial charge in [-0.15, -0.1) is 0 Å². The van der Waals surface area contributed by atoms with Crippen LogP contribution in [0.15, 0.2) is 30.5 Å². The van der Waals surface area contributed by atoms with Crippen LogP contribution in [0.25, 0.3) is 11.0 Å². The summed E-state index contributed by atoms with van der Waals surface area (Å²) < 4.78 is 5.63. The second kappa shape index (κ2) is 4.55. The average Bonchev–Trinajstić information content (AvgIpc) is 2.87. The van der Waals surface area contributed by atoms with Gasteiger partial charge in [-0.1, -0.05) is 12.1 Å². The Bertz CT molecular complexity index is 792. The standard InChI is InChI=1S/C12H6ClN5O/c13-12-16-10-8(6-15-18-10)11(17-12)19-9-4-2-1-3-7(9)5-14/h1-4,6H,(H,15,16,17,18). The fraction of sp³-hybridized carbons (Fsp3) is 0. The van der Waals surface area contributed by atoms with Gasteiger partial charge < -0.3 is 4.74 Å². The second-order valence-electron chi connectivity index (χ2n) is 3.64. The number of halogens is 1. The number of hydrogen-bond acceptors (Lipinski definition) is 5. The van der Waals surface area contributed by atoms with Gasteiger partial charge in [0.25, 0.3) is 0 Å². The average molecular weight is 272 g/mol. The first-order chi connectivity index (χ1) is 9.28. The van der Waals surface area contributed by atoms with E-state index in [1.165, 1.54) is 6.20 Å². The summed E-state index contributed by atoms with van der Waals surface area (Å²) in [5.41, 5.74) is 0.887. The van der Waals surface area contributed by atoms with Crippen LogP contribution in [0.2, 0.25) is 5.28 Å². The molecule has 2 heterocycles. The summed E-state index contributed by atoms with van der Waals surface area (Å²) in [6, 6.07) is 8.91. The maximum Gasteiger partial charge on any atom is 0.234 e. The molecule has 0 saturated heterocycles. The van der Waals surface area contributed by atoms with E-state index in [9.17, 15) is 0 Å². The molecule has 0 bridgehead atoms. The summed E-state index contributed by atoms with van der Waals surface area (Å²) in [6.07, 6.45) is 1.54. The highest BCUT2D eigenvalue weighted by Crippen LogP contribution is 2.29. The number of hydrogen-bond donors (Lipinski definition) is 1. The van der Waals surface area contributed by atoms with Crippen molar-refractivity contribution in [2.45, 2.75) is 0 Å². The van der Waals surface area contributed by atoms with Crippen molar-refractivity contribution in [2.24, 2.45) is 0 Å². The van der Waals surface area contributed by atoms with E-state index in [0.717, 1.165) is 0 Å². The largest absolute Gasteiger partial charge is 0.437 e. The van der Waals surface area contributed by atoms with Gasteiger partial charge in [0.1, 0.15) is 17.2 Å². The van der Waals surface area contributed by atoms with Crippen molar-refractivity contribution < 1.29 is 4.74 Å². The summed E-state index contributed by atoms with van der Waals surface area (Å²) in [5, 5.41) is 16.2. The number of para-hydroxylation sites is 1. The Kier molecular flexibility index (Phi) is 2.74. The Morgan fingerprint density at radius 2 is 2.11 bits per heavy atom. The van der Waals surface area contributed by atoms with Crippen molar-refractivity contribution in [3.63, 3.8) is 0 Å². The molecule has 3 rings (SSSR count). The number of benzene rings is 1. The number of nitrogens with one attached hydrogen (secondary N) is 1. The zero-order valence-corrected chi connectivity index (χ0v) is 10.2. The van der Waals surface area contributed by atoms with Gasteiger partial charge in [0, 0.05) is 0 Å². The summed E-state index contributed by atoms with van der Waals surface area (Å²) in [5.74, 6) is 0.661. The van der Waals surface area contributed by atoms with Crippen molar-refractivity contribution in [3.8, 4) is 17.7 Å². The topological polar surface area (TPSA) is 87.5 Å². The molecule has 0 saturated carbocycles. The summed E-state index contributed by atoms with van der Waals surface area (Å²) in [7, 11) is 0. The predicted octanol–water partition coefficient (Wildman–Crippen LogP) is 2.67. The van der Waals surface area contributed by atoms with Gasteiger partial charge >= 0.3 is 0 Å². The molecule has 1 N–H and O–H groups in total. The van der Waals surface area contributed by atoms with E-state index in [1.54, 1.807) is 24.3 Å². The zero-order valence-electron chi connectivity index (χ0n) is 9.46. The first-order valence-electron chi connectivity index (χ1n) is 5.31. The minimum absolute atomic E-state index is 0.0428. The van der Waals surface area contributed by atoms with Crippen LogP contribution in [-0.2, 0) is 0 Å². The molecule has 19 heavy (non-hydrogen) atoms. The van der Waals surface area contributed by atoms with Crippen LogP contribution in [0.4, 0.5) is 0 Å². The third-order valence-corrected chi connectivity index (χ3v) is 2.63. The third kappa shape index (κ3) is 2.07. The lowest BCUT2D eigenvalue weighted by molar-refractivity contribution is 0.467. The number of ether oxygens (including phenoxy) is 1. The van der Waals surface area contributed by atoms with Crippen LogP contribution in [-0.4, -0.2) is 20.2 Å². The molecule has 2 aromatic heterocycles. The van der Waals surface area contributed by atoms with Crippen molar-refractivity contribution in [2.75, 3.05) is 0 Å². The Hall–Kier alpha value is -2.65. The molecule has 0 radical (unpaired) electrons. The molecule has 7 heteroatoms. The van der Waals surface area contributed by atoms with Crippen LogP contribution in [0.5, 0.6) is 11.6 Å². The fourth-order valence-corrected chi connectivity index (χ4v) is 1.77. The predicted molar refractivity (Wildman–Crippen MR) is 67.9 cm³/mol. The number of aromatic nitrogens is 4. The minimum atomic E-state index is 0.0428. The molecule has 0 unspecified atom stereocenters. The molecular weight excluding hydrogens is 266 g/mol. The van der Waals surface area contributed by atoms with E-state index < -0.39 is 0 Å². The van der Waals surface area contributed by atoms with Crippen molar-refractivity contribution in [3.05, 3.63) is 41.3 Å². The quantitative estimate of drug-likeness (QED) is 0.724. The highest BCUT2D eigenvalue weighted by molar-refractivity contribution is 6.28. The SMILES string of the molecule is N#Cc1ccccc1Oc1nc(Cl)nc2[nH]ncc12. The first-order valence-corrected chi connectivity index (χ1v) is 5.69. The molecule has 92 valence electrons. The smallest absolute Gasteiger partial charge is 0.234 e. The number of rotatable bonds is 2. The lowest BCUT2D eigenvalue weighted by Gasteiger charge is -2.06. The van der Waals surface area contributed by atoms with E-state index in [4.69, 9.17) is 21.6 Å². The van der Waals surface area contributed by atoms with Crippen molar-refractivity contribution in [1.82, 2.24) is 20.2 Å². The molecule has 6 nitrogen and oxygen atoms in total. The second-order valence-corrected chi connectivity index (χ2v) is 3.98. The molecular formula is C12H6ClN5O. The molecule has 0 spiro atoms. The van der Waals surface area contributed by atoms with E-state index in [-0.39, 0.29) is 11.2 Å². The van der Waals surface area contributed by atoms with Crippen LogP contribution < -0.4 is 4.74 Å². The highest BCUT2D eigenvalue weighted by atomic mass is 35.5. The lowest BCUT2D eigenvalue weighted by Crippen LogP contribution is -1.93. The first kappa shape index (κ1) is 11.4. The number of nitrogens with zero attached hydrogens (tertiary/aromatic N) is 4. The van der Waals surface area contributed by atoms with Crippen LogP contribution in [0.3, 0.4) is 0 Å². The van der Waals surface area contributed by atoms with Gasteiger partial charge in [-0.2, -0.15) is 20.3 Å². The zero-order chi connectivity index (χ0) is 13.2. The van der Waals surface area contributed by atoms with E-state index in [2.05, 4.69) is 20.2 Å². The normalized spacial score (nSPS) is 10.3. The summed E-state index contributed by atoms with van der Waals surface area (Å²) in [4.78, 5) is 7.98. The highest BCUT2D eigenvalue weighted by Gasteiger charge is 2.12. The molecule has 1 aromatic carbocycles. The van der Waals surface area contributed by atoms with Crippen LogP contribution in [0, 0.1) is 11.3 Å². The molecule has 0 aliphatic carbocycles. The van der Waals surface area contributed by atoms with E-state index in [0.29, 0.717) is 22.3 Å². The molecule has 0 aliphatic heterocycles. The summed E-state index contributed by atoms with van der Waals surface area (Å²) >= 11 is 5.81. The Morgan fingerprint density at radius 1 is 1.26 bits per heavy atom. The molecule has 0 amide bonds. The molecule has 0 atom stereocenters. The van der Waals surface area contributed by atoms with Gasteiger partial charge in [-0.3, -0.25) is 5.10 Å². The van der Waals surface area contributed by atoms with Gasteiger partial charge in [0.2, 0.25) is 11.2 Å². The van der Waals surface area contributed by atoms with Crippen LogP contribution in [0.1, 0.15) is 5.56 Å². The van der Waals surface area contributed by atoms with Crippen molar-refractivity contribution in [1.29, 1.82) is 5.26 Å². The number of nitriles is 1. The lowest BCUT2D eigenvalue weighted by atomic mass is 10.2. The third-order valence-electron chi connectivity index (χ3n) is 2.46. The monoisotopic (exact) mass is 271 g/mol. The van der Waals surface area contributed by atoms with Gasteiger partial charge in [-0.25, -0.2) is 0 Å². The minimum Gasteiger partial charge on any atom is -0.437 e.